The summed E-state index contributed by atoms with van der Waals surface area (Å²) >= 11 is 7.93. The Bertz CT molecular complexity index is 975. The number of likely N-dealkylation sites (N-methyl/N-ethyl adjacent to an activating group) is 1. The molecule has 3 rings (SSSR count). The van der Waals surface area contributed by atoms with Crippen molar-refractivity contribution < 1.29 is 14.3 Å². The van der Waals surface area contributed by atoms with Gasteiger partial charge in [0.2, 0.25) is 0 Å². The van der Waals surface area contributed by atoms with Crippen LogP contribution in [0.25, 0.3) is 0 Å². The van der Waals surface area contributed by atoms with E-state index in [-0.39, 0.29) is 12.5 Å². The minimum atomic E-state index is -0.224. The molecule has 2 aromatic rings. The second-order valence-corrected chi connectivity index (χ2v) is 9.27. The summed E-state index contributed by atoms with van der Waals surface area (Å²) in [5.74, 6) is 0.888. The van der Waals surface area contributed by atoms with Gasteiger partial charge in [0.15, 0.2) is 18.1 Å². The number of piperazine rings is 1. The number of carbonyl (C=O) groups excluding carboxylic acids is 1. The molecule has 166 valence electrons. The molecule has 8 heteroatoms. The molecule has 0 aromatic heterocycles. The molecule has 1 heterocycles. The van der Waals surface area contributed by atoms with Crippen LogP contribution in [0.5, 0.6) is 11.5 Å². The number of hydrogen-bond acceptors (Lipinski definition) is 5. The number of benzene rings is 2. The van der Waals surface area contributed by atoms with Gasteiger partial charge < -0.3 is 24.6 Å². The quantitative estimate of drug-likeness (QED) is 0.434. The highest BCUT2D eigenvalue weighted by Crippen LogP contribution is 2.34. The molecule has 1 aliphatic rings. The fourth-order valence-corrected chi connectivity index (χ4v) is 4.39. The van der Waals surface area contributed by atoms with Gasteiger partial charge in [0.25, 0.3) is 5.91 Å². The van der Waals surface area contributed by atoms with Crippen molar-refractivity contribution in [3.63, 3.8) is 0 Å². The van der Waals surface area contributed by atoms with E-state index in [1.807, 2.05) is 44.2 Å². The average molecular weight is 553 g/mol. The fraction of sp³-hybridized carbons (Fsp3) is 0.391. The van der Waals surface area contributed by atoms with E-state index in [2.05, 4.69) is 44.8 Å². The summed E-state index contributed by atoms with van der Waals surface area (Å²) < 4.78 is 12.2. The standard InChI is InChI=1S/C23H28IN3O3S/c1-15-5-6-18(11-16(15)2)25-21(28)14-30-22-19(24)12-17(13-20(22)29-4)23(31)27-9-7-26(3)8-10-27/h5-6,11-13H,7-10,14H2,1-4H3,(H,25,28). The topological polar surface area (TPSA) is 54.0 Å². The summed E-state index contributed by atoms with van der Waals surface area (Å²) in [5, 5.41) is 2.87. The van der Waals surface area contributed by atoms with Crippen LogP contribution >= 0.6 is 34.8 Å². The number of aryl methyl sites for hydroxylation is 2. The number of anilines is 1. The van der Waals surface area contributed by atoms with Gasteiger partial charge in [0.05, 0.1) is 10.7 Å². The lowest BCUT2D eigenvalue weighted by molar-refractivity contribution is -0.118. The number of nitrogens with one attached hydrogen (secondary N) is 1. The Morgan fingerprint density at radius 1 is 1.13 bits per heavy atom. The average Bonchev–Trinajstić information content (AvgIpc) is 2.75. The van der Waals surface area contributed by atoms with Gasteiger partial charge in [-0.1, -0.05) is 18.3 Å². The molecular weight excluding hydrogens is 525 g/mol. The molecular formula is C23H28IN3O3S. The predicted octanol–water partition coefficient (Wildman–Crippen LogP) is 3.86. The smallest absolute Gasteiger partial charge is 0.262 e. The molecule has 1 N–H and O–H groups in total. The van der Waals surface area contributed by atoms with Crippen molar-refractivity contribution in [3.8, 4) is 11.5 Å². The van der Waals surface area contributed by atoms with Gasteiger partial charge in [-0.05, 0) is 78.9 Å². The van der Waals surface area contributed by atoms with Gasteiger partial charge >= 0.3 is 0 Å². The maximum absolute atomic E-state index is 12.4. The first-order chi connectivity index (χ1) is 14.8. The van der Waals surface area contributed by atoms with Crippen molar-refractivity contribution in [2.75, 3.05) is 52.3 Å². The van der Waals surface area contributed by atoms with E-state index < -0.39 is 0 Å². The molecule has 0 atom stereocenters. The molecule has 6 nitrogen and oxygen atoms in total. The SMILES string of the molecule is COc1cc(C(=S)N2CCN(C)CC2)cc(I)c1OCC(=O)Nc1ccc(C)c(C)c1. The highest BCUT2D eigenvalue weighted by Gasteiger charge is 2.21. The number of nitrogens with zero attached hydrogens (tertiary/aromatic N) is 2. The summed E-state index contributed by atoms with van der Waals surface area (Å²) in [6.07, 6.45) is 0. The largest absolute Gasteiger partial charge is 0.493 e. The Kier molecular flexibility index (Phi) is 8.12. The number of rotatable bonds is 6. The second kappa shape index (κ2) is 10.6. The molecule has 0 saturated carbocycles. The zero-order valence-electron chi connectivity index (χ0n) is 18.3. The monoisotopic (exact) mass is 553 g/mol. The van der Waals surface area contributed by atoms with Crippen molar-refractivity contribution in [3.05, 3.63) is 50.6 Å². The van der Waals surface area contributed by atoms with Crippen LogP contribution < -0.4 is 14.8 Å². The number of thiocarbonyl (C=S) groups is 1. The number of ether oxygens (including phenoxy) is 2. The van der Waals surface area contributed by atoms with Crippen LogP contribution in [0.15, 0.2) is 30.3 Å². The molecule has 1 fully saturated rings. The Morgan fingerprint density at radius 3 is 2.48 bits per heavy atom. The van der Waals surface area contributed by atoms with Gasteiger partial charge in [-0.25, -0.2) is 0 Å². The lowest BCUT2D eigenvalue weighted by Crippen LogP contribution is -2.46. The third-order valence-corrected chi connectivity index (χ3v) is 6.70. The van der Waals surface area contributed by atoms with E-state index in [1.165, 1.54) is 5.56 Å². The lowest BCUT2D eigenvalue weighted by Gasteiger charge is -2.34. The van der Waals surface area contributed by atoms with Crippen LogP contribution in [0.2, 0.25) is 0 Å². The van der Waals surface area contributed by atoms with E-state index >= 15 is 0 Å². The van der Waals surface area contributed by atoms with Crippen LogP contribution in [0.1, 0.15) is 16.7 Å². The minimum Gasteiger partial charge on any atom is -0.493 e. The molecule has 0 bridgehead atoms. The zero-order chi connectivity index (χ0) is 22.5. The normalized spacial score (nSPS) is 14.3. The van der Waals surface area contributed by atoms with E-state index in [1.54, 1.807) is 7.11 Å². The van der Waals surface area contributed by atoms with Gasteiger partial charge in [-0.3, -0.25) is 4.79 Å². The molecule has 0 aliphatic carbocycles. The van der Waals surface area contributed by atoms with Crippen molar-refractivity contribution in [1.29, 1.82) is 0 Å². The van der Waals surface area contributed by atoms with E-state index in [0.29, 0.717) is 11.5 Å². The molecule has 1 saturated heterocycles. The second-order valence-electron chi connectivity index (χ2n) is 7.72. The molecule has 0 radical (unpaired) electrons. The first-order valence-electron chi connectivity index (χ1n) is 10.1. The molecule has 0 spiro atoms. The molecule has 31 heavy (non-hydrogen) atoms. The Morgan fingerprint density at radius 2 is 1.84 bits per heavy atom. The first-order valence-corrected chi connectivity index (χ1v) is 11.6. The van der Waals surface area contributed by atoms with Gasteiger partial charge in [0, 0.05) is 37.4 Å². The summed E-state index contributed by atoms with van der Waals surface area (Å²) in [5.41, 5.74) is 3.99. The molecule has 1 aliphatic heterocycles. The number of halogens is 1. The number of carbonyl (C=O) groups is 1. The fourth-order valence-electron chi connectivity index (χ4n) is 3.33. The number of methoxy groups -OCH3 is 1. The maximum atomic E-state index is 12.4. The molecule has 0 unspecified atom stereocenters. The third-order valence-electron chi connectivity index (χ3n) is 5.41. The van der Waals surface area contributed by atoms with Gasteiger partial charge in [-0.15, -0.1) is 0 Å². The van der Waals surface area contributed by atoms with Crippen molar-refractivity contribution >= 4 is 51.4 Å². The molecule has 2 aromatic carbocycles. The van der Waals surface area contributed by atoms with Crippen LogP contribution in [0, 0.1) is 17.4 Å². The van der Waals surface area contributed by atoms with Crippen LogP contribution in [0.4, 0.5) is 5.69 Å². The van der Waals surface area contributed by atoms with Crippen molar-refractivity contribution in [1.82, 2.24) is 9.80 Å². The van der Waals surface area contributed by atoms with Gasteiger partial charge in [-0.2, -0.15) is 0 Å². The number of amides is 1. The summed E-state index contributed by atoms with van der Waals surface area (Å²) in [7, 11) is 3.71. The summed E-state index contributed by atoms with van der Waals surface area (Å²) in [4.78, 5) is 17.7. The highest BCUT2D eigenvalue weighted by atomic mass is 127. The van der Waals surface area contributed by atoms with E-state index in [0.717, 1.165) is 51.6 Å². The highest BCUT2D eigenvalue weighted by molar-refractivity contribution is 14.1. The zero-order valence-corrected chi connectivity index (χ0v) is 21.3. The lowest BCUT2D eigenvalue weighted by atomic mass is 10.1. The van der Waals surface area contributed by atoms with Crippen LogP contribution in [-0.2, 0) is 4.79 Å². The summed E-state index contributed by atoms with van der Waals surface area (Å²) in [6, 6.07) is 9.70. The van der Waals surface area contributed by atoms with Crippen LogP contribution in [0.3, 0.4) is 0 Å². The van der Waals surface area contributed by atoms with E-state index in [4.69, 9.17) is 21.7 Å². The van der Waals surface area contributed by atoms with Crippen LogP contribution in [-0.4, -0.2) is 67.6 Å². The Labute approximate surface area is 203 Å². The molecule has 1 amide bonds. The Balaban J connectivity index is 1.67. The van der Waals surface area contributed by atoms with E-state index in [9.17, 15) is 4.79 Å². The Hall–Kier alpha value is -1.91. The summed E-state index contributed by atoms with van der Waals surface area (Å²) in [6.45, 7) is 7.74. The predicted molar refractivity (Wildman–Crippen MR) is 137 cm³/mol. The number of hydrogen-bond donors (Lipinski definition) is 1. The van der Waals surface area contributed by atoms with Gasteiger partial charge in [0.1, 0.15) is 4.99 Å². The third kappa shape index (κ3) is 6.08. The van der Waals surface area contributed by atoms with Crippen molar-refractivity contribution in [2.24, 2.45) is 0 Å². The first kappa shape index (κ1) is 23.7. The van der Waals surface area contributed by atoms with Crippen molar-refractivity contribution in [2.45, 2.75) is 13.8 Å². The maximum Gasteiger partial charge on any atom is 0.262 e. The minimum absolute atomic E-state index is 0.110.